The van der Waals surface area contributed by atoms with Gasteiger partial charge in [0.15, 0.2) is 5.82 Å². The van der Waals surface area contributed by atoms with Gasteiger partial charge >= 0.3 is 6.09 Å². The van der Waals surface area contributed by atoms with E-state index in [1.54, 1.807) is 29.8 Å². The molecule has 0 radical (unpaired) electrons. The number of carbonyl (C=O) groups excluding carboxylic acids is 2. The number of benzene rings is 1. The summed E-state index contributed by atoms with van der Waals surface area (Å²) in [4.78, 5) is 28.6. The van der Waals surface area contributed by atoms with Crippen molar-refractivity contribution in [3.63, 3.8) is 0 Å². The number of halogens is 2. The molecule has 2 aromatic rings. The molecule has 1 unspecified atom stereocenters. The van der Waals surface area contributed by atoms with Crippen LogP contribution in [-0.4, -0.2) is 53.2 Å². The first kappa shape index (κ1) is 19.0. The minimum atomic E-state index is -2.74. The molecule has 0 spiro atoms. The molecule has 2 amide bonds. The lowest BCUT2D eigenvalue weighted by molar-refractivity contribution is -0.118. The SMILES string of the molecule is C[C@H](Nc1ccc2c(c1)NCCn1cc(N3C(=O)OCC3C(F)F)nc1-2)C(N)=O. The number of alkyl halides is 2. The van der Waals surface area contributed by atoms with E-state index in [-0.39, 0.29) is 12.4 Å². The molecule has 2 aliphatic rings. The van der Waals surface area contributed by atoms with Crippen LogP contribution in [0, 0.1) is 0 Å². The molecule has 4 rings (SSSR count). The highest BCUT2D eigenvalue weighted by molar-refractivity contribution is 5.90. The average Bonchev–Trinajstić information content (AvgIpc) is 3.21. The summed E-state index contributed by atoms with van der Waals surface area (Å²) in [5.41, 5.74) is 7.49. The Morgan fingerprint density at radius 1 is 1.45 bits per heavy atom. The maximum absolute atomic E-state index is 13.3. The molecule has 4 N–H and O–H groups in total. The second kappa shape index (κ2) is 7.22. The van der Waals surface area contributed by atoms with Crippen molar-refractivity contribution in [1.29, 1.82) is 0 Å². The number of nitrogens with one attached hydrogen (secondary N) is 2. The summed E-state index contributed by atoms with van der Waals surface area (Å²) in [5.74, 6) is 0.201. The topological polar surface area (TPSA) is 115 Å². The van der Waals surface area contributed by atoms with Crippen molar-refractivity contribution < 1.29 is 23.1 Å². The van der Waals surface area contributed by atoms with Crippen molar-refractivity contribution in [2.45, 2.75) is 32.0 Å². The first-order valence-electron chi connectivity index (χ1n) is 9.10. The molecule has 0 saturated carbocycles. The minimum Gasteiger partial charge on any atom is -0.447 e. The molecule has 11 heteroatoms. The second-order valence-electron chi connectivity index (χ2n) is 6.92. The van der Waals surface area contributed by atoms with Crippen molar-refractivity contribution in [3.05, 3.63) is 24.4 Å². The number of rotatable bonds is 5. The third-order valence-corrected chi connectivity index (χ3v) is 4.95. The summed E-state index contributed by atoms with van der Waals surface area (Å²) in [6, 6.07) is 3.50. The number of anilines is 3. The van der Waals surface area contributed by atoms with Crippen LogP contribution in [0.4, 0.5) is 30.8 Å². The number of carbonyl (C=O) groups is 2. The number of cyclic esters (lactones) is 1. The van der Waals surface area contributed by atoms with E-state index in [0.29, 0.717) is 24.6 Å². The number of nitrogens with two attached hydrogens (primary N) is 1. The summed E-state index contributed by atoms with van der Waals surface area (Å²) < 4.78 is 33.2. The molecule has 3 heterocycles. The predicted octanol–water partition coefficient (Wildman–Crippen LogP) is 1.85. The maximum Gasteiger partial charge on any atom is 0.416 e. The van der Waals surface area contributed by atoms with E-state index in [0.717, 1.165) is 16.2 Å². The van der Waals surface area contributed by atoms with Crippen molar-refractivity contribution in [3.8, 4) is 11.4 Å². The predicted molar refractivity (Wildman–Crippen MR) is 102 cm³/mol. The van der Waals surface area contributed by atoms with E-state index in [2.05, 4.69) is 15.6 Å². The minimum absolute atomic E-state index is 0.130. The highest BCUT2D eigenvalue weighted by Gasteiger charge is 2.42. The summed E-state index contributed by atoms with van der Waals surface area (Å²) in [6.07, 6.45) is -1.99. The number of aromatic nitrogens is 2. The molecule has 0 aliphatic carbocycles. The number of imidazole rings is 1. The van der Waals surface area contributed by atoms with Crippen LogP contribution in [0.25, 0.3) is 11.4 Å². The first-order chi connectivity index (χ1) is 13.8. The number of fused-ring (bicyclic) bond motifs is 3. The van der Waals surface area contributed by atoms with E-state index in [4.69, 9.17) is 10.5 Å². The van der Waals surface area contributed by atoms with Gasteiger partial charge in [-0.1, -0.05) is 0 Å². The van der Waals surface area contributed by atoms with Crippen LogP contribution >= 0.6 is 0 Å². The largest absolute Gasteiger partial charge is 0.447 e. The van der Waals surface area contributed by atoms with Gasteiger partial charge in [-0.05, 0) is 25.1 Å². The highest BCUT2D eigenvalue weighted by atomic mass is 19.3. The zero-order valence-electron chi connectivity index (χ0n) is 15.6. The number of ether oxygens (including phenoxy) is 1. The number of hydrogen-bond donors (Lipinski definition) is 3. The van der Waals surface area contributed by atoms with Gasteiger partial charge in [0.05, 0.1) is 0 Å². The fourth-order valence-electron chi connectivity index (χ4n) is 3.40. The Morgan fingerprint density at radius 3 is 2.97 bits per heavy atom. The molecule has 1 saturated heterocycles. The van der Waals surface area contributed by atoms with E-state index in [1.165, 1.54) is 0 Å². The molecule has 1 fully saturated rings. The zero-order valence-corrected chi connectivity index (χ0v) is 15.6. The van der Waals surface area contributed by atoms with Gasteiger partial charge < -0.3 is 25.7 Å². The summed E-state index contributed by atoms with van der Waals surface area (Å²) >= 11 is 0. The number of nitrogens with zero attached hydrogens (tertiary/aromatic N) is 3. The average molecular weight is 406 g/mol. The van der Waals surface area contributed by atoms with Gasteiger partial charge in [0.2, 0.25) is 5.91 Å². The molecule has 0 bridgehead atoms. The van der Waals surface area contributed by atoms with Gasteiger partial charge in [-0.25, -0.2) is 23.5 Å². The smallest absolute Gasteiger partial charge is 0.416 e. The Kier molecular flexibility index (Phi) is 4.73. The van der Waals surface area contributed by atoms with Crippen LogP contribution in [0.15, 0.2) is 24.4 Å². The molecule has 154 valence electrons. The summed E-state index contributed by atoms with van der Waals surface area (Å²) in [7, 11) is 0. The Morgan fingerprint density at radius 2 is 2.24 bits per heavy atom. The first-order valence-corrected chi connectivity index (χ1v) is 9.10. The van der Waals surface area contributed by atoms with Gasteiger partial charge in [-0.2, -0.15) is 0 Å². The quantitative estimate of drug-likeness (QED) is 0.698. The number of hydrogen-bond acceptors (Lipinski definition) is 6. The van der Waals surface area contributed by atoms with Gasteiger partial charge in [-0.3, -0.25) is 4.79 Å². The van der Waals surface area contributed by atoms with Crippen LogP contribution in [0.3, 0.4) is 0 Å². The lowest BCUT2D eigenvalue weighted by atomic mass is 10.1. The van der Waals surface area contributed by atoms with E-state index < -0.39 is 30.5 Å². The van der Waals surface area contributed by atoms with E-state index in [1.807, 2.05) is 6.07 Å². The Labute approximate surface area is 164 Å². The van der Waals surface area contributed by atoms with Crippen molar-refractivity contribution >= 4 is 29.2 Å². The Bertz CT molecular complexity index is 963. The van der Waals surface area contributed by atoms with Crippen LogP contribution in [0.1, 0.15) is 6.92 Å². The third kappa shape index (κ3) is 3.43. The molecule has 1 aromatic carbocycles. The van der Waals surface area contributed by atoms with Crippen LogP contribution in [0.5, 0.6) is 0 Å². The van der Waals surface area contributed by atoms with Crippen molar-refractivity contribution in [2.24, 2.45) is 5.73 Å². The molecule has 2 atom stereocenters. The van der Waals surface area contributed by atoms with Crippen LogP contribution < -0.4 is 21.3 Å². The monoisotopic (exact) mass is 406 g/mol. The molecule has 1 aromatic heterocycles. The molecular formula is C18H20F2N6O3. The fraction of sp³-hybridized carbons (Fsp3) is 0.389. The molecule has 29 heavy (non-hydrogen) atoms. The standard InChI is InChI=1S/C18H20F2N6O3/c1-9(16(21)27)23-10-2-3-11-12(6-10)22-4-5-25-7-14(24-17(11)25)26-13(15(19)20)8-29-18(26)28/h2-3,6-7,9,13,15,22-23H,4-5,8H2,1H3,(H2,21,27)/t9-,13?/m0/s1. The second-order valence-corrected chi connectivity index (χ2v) is 6.92. The van der Waals surface area contributed by atoms with Crippen LogP contribution in [0.2, 0.25) is 0 Å². The van der Waals surface area contributed by atoms with Crippen molar-refractivity contribution in [2.75, 3.05) is 28.7 Å². The molecule has 9 nitrogen and oxygen atoms in total. The van der Waals surface area contributed by atoms with Gasteiger partial charge in [0, 0.05) is 36.2 Å². The fourth-order valence-corrected chi connectivity index (χ4v) is 3.40. The third-order valence-electron chi connectivity index (χ3n) is 4.95. The summed E-state index contributed by atoms with van der Waals surface area (Å²) in [5, 5.41) is 6.30. The molecule has 2 aliphatic heterocycles. The maximum atomic E-state index is 13.3. The Balaban J connectivity index is 1.68. The van der Waals surface area contributed by atoms with Gasteiger partial charge in [0.25, 0.3) is 6.43 Å². The van der Waals surface area contributed by atoms with Crippen molar-refractivity contribution in [1.82, 2.24) is 9.55 Å². The Hall–Kier alpha value is -3.37. The van der Waals surface area contributed by atoms with Gasteiger partial charge in [-0.15, -0.1) is 0 Å². The molecular weight excluding hydrogens is 386 g/mol. The number of primary amides is 1. The zero-order chi connectivity index (χ0) is 20.7. The lowest BCUT2D eigenvalue weighted by Gasteiger charge is -2.18. The highest BCUT2D eigenvalue weighted by Crippen LogP contribution is 2.35. The van der Waals surface area contributed by atoms with E-state index >= 15 is 0 Å². The lowest BCUT2D eigenvalue weighted by Crippen LogP contribution is -2.38. The normalized spacial score (nSPS) is 19.1. The van der Waals surface area contributed by atoms with Gasteiger partial charge in [0.1, 0.15) is 24.5 Å². The summed E-state index contributed by atoms with van der Waals surface area (Å²) in [6.45, 7) is 2.38. The number of amides is 2. The van der Waals surface area contributed by atoms with Crippen LogP contribution in [-0.2, 0) is 16.1 Å². The van der Waals surface area contributed by atoms with E-state index in [9.17, 15) is 18.4 Å².